The molecule has 0 saturated carbocycles. The Balaban J connectivity index is 1.81. The first kappa shape index (κ1) is 17.7. The molecule has 0 aliphatic carbocycles. The zero-order valence-corrected chi connectivity index (χ0v) is 15.8. The fraction of sp³-hybridized carbons (Fsp3) is 0.350. The van der Waals surface area contributed by atoms with Crippen molar-refractivity contribution in [2.45, 2.75) is 32.2 Å². The number of amides is 1. The summed E-state index contributed by atoms with van der Waals surface area (Å²) in [5.74, 6) is -0.0650. The van der Waals surface area contributed by atoms with Gasteiger partial charge in [0.05, 0.1) is 11.2 Å². The lowest BCUT2D eigenvalue weighted by molar-refractivity contribution is -0.131. The van der Waals surface area contributed by atoms with Crippen LogP contribution in [0.15, 0.2) is 51.4 Å². The molecule has 1 aromatic carbocycles. The highest BCUT2D eigenvalue weighted by molar-refractivity contribution is 7.17. The number of fused-ring (bicyclic) bond motifs is 1. The number of aromatic nitrogens is 2. The van der Waals surface area contributed by atoms with Crippen LogP contribution >= 0.6 is 11.3 Å². The molecular weight excluding hydrogens is 362 g/mol. The molecule has 0 spiro atoms. The van der Waals surface area contributed by atoms with Crippen molar-refractivity contribution < 1.29 is 4.79 Å². The number of rotatable bonds is 3. The zero-order valence-electron chi connectivity index (χ0n) is 15.0. The molecule has 4 rings (SSSR count). The Morgan fingerprint density at radius 3 is 2.37 bits per heavy atom. The lowest BCUT2D eigenvalue weighted by Crippen LogP contribution is -2.42. The predicted molar refractivity (Wildman–Crippen MR) is 107 cm³/mol. The average Bonchev–Trinajstić information content (AvgIpc) is 3.01. The minimum Gasteiger partial charge on any atom is -0.341 e. The maximum absolute atomic E-state index is 13.1. The van der Waals surface area contributed by atoms with Gasteiger partial charge in [0.15, 0.2) is 0 Å². The van der Waals surface area contributed by atoms with Gasteiger partial charge in [-0.05, 0) is 36.4 Å². The summed E-state index contributed by atoms with van der Waals surface area (Å²) in [7, 11) is 0. The summed E-state index contributed by atoms with van der Waals surface area (Å²) in [6.45, 7) is 1.43. The van der Waals surface area contributed by atoms with Crippen molar-refractivity contribution in [2.75, 3.05) is 13.1 Å². The lowest BCUT2D eigenvalue weighted by Gasteiger charge is -2.21. The SMILES string of the molecule is O=C(Cn1c(=O)n(-c2ccccc2)c(=O)c2sccc21)N1CCCCCC1. The Kier molecular flexibility index (Phi) is 4.94. The molecule has 1 amide bonds. The number of benzene rings is 1. The monoisotopic (exact) mass is 383 g/mol. The minimum absolute atomic E-state index is 0.0425. The number of hydrogen-bond acceptors (Lipinski definition) is 4. The summed E-state index contributed by atoms with van der Waals surface area (Å²) in [5.41, 5.74) is 0.235. The van der Waals surface area contributed by atoms with Gasteiger partial charge in [-0.2, -0.15) is 0 Å². The van der Waals surface area contributed by atoms with Gasteiger partial charge >= 0.3 is 5.69 Å². The van der Waals surface area contributed by atoms with Gasteiger partial charge in [0.1, 0.15) is 11.2 Å². The van der Waals surface area contributed by atoms with Gasteiger partial charge in [-0.3, -0.25) is 14.2 Å². The zero-order chi connectivity index (χ0) is 18.8. The summed E-state index contributed by atoms with van der Waals surface area (Å²) >= 11 is 1.29. The Hall–Kier alpha value is -2.67. The number of likely N-dealkylation sites (tertiary alicyclic amines) is 1. The molecule has 2 aromatic heterocycles. The second-order valence-corrected chi connectivity index (χ2v) is 7.69. The van der Waals surface area contributed by atoms with Crippen molar-refractivity contribution in [3.63, 3.8) is 0 Å². The van der Waals surface area contributed by atoms with E-state index in [0.29, 0.717) is 15.9 Å². The smallest absolute Gasteiger partial charge is 0.336 e. The highest BCUT2D eigenvalue weighted by Crippen LogP contribution is 2.17. The maximum Gasteiger partial charge on any atom is 0.336 e. The van der Waals surface area contributed by atoms with Gasteiger partial charge in [-0.25, -0.2) is 9.36 Å². The van der Waals surface area contributed by atoms with Crippen LogP contribution in [0, 0.1) is 0 Å². The molecule has 1 saturated heterocycles. The average molecular weight is 383 g/mol. The number of nitrogens with zero attached hydrogens (tertiary/aromatic N) is 3. The van der Waals surface area contributed by atoms with Crippen molar-refractivity contribution in [1.29, 1.82) is 0 Å². The molecule has 7 heteroatoms. The van der Waals surface area contributed by atoms with Crippen LogP contribution in [-0.2, 0) is 11.3 Å². The van der Waals surface area contributed by atoms with E-state index in [-0.39, 0.29) is 18.0 Å². The van der Waals surface area contributed by atoms with Crippen LogP contribution < -0.4 is 11.2 Å². The summed E-state index contributed by atoms with van der Waals surface area (Å²) in [6.07, 6.45) is 4.27. The summed E-state index contributed by atoms with van der Waals surface area (Å²) < 4.78 is 3.09. The molecule has 0 radical (unpaired) electrons. The molecule has 6 nitrogen and oxygen atoms in total. The third-order valence-electron chi connectivity index (χ3n) is 5.02. The number of carbonyl (C=O) groups is 1. The van der Waals surface area contributed by atoms with Crippen LogP contribution in [0.2, 0.25) is 0 Å². The van der Waals surface area contributed by atoms with Crippen molar-refractivity contribution in [2.24, 2.45) is 0 Å². The van der Waals surface area contributed by atoms with E-state index in [1.54, 1.807) is 35.7 Å². The van der Waals surface area contributed by atoms with Gasteiger partial charge in [0.25, 0.3) is 5.56 Å². The van der Waals surface area contributed by atoms with Crippen LogP contribution in [0.4, 0.5) is 0 Å². The van der Waals surface area contributed by atoms with Crippen LogP contribution in [0.25, 0.3) is 15.9 Å². The normalized spacial score (nSPS) is 15.0. The van der Waals surface area contributed by atoms with E-state index >= 15 is 0 Å². The topological polar surface area (TPSA) is 64.3 Å². The van der Waals surface area contributed by atoms with E-state index in [2.05, 4.69) is 0 Å². The fourth-order valence-electron chi connectivity index (χ4n) is 3.60. The summed E-state index contributed by atoms with van der Waals surface area (Å²) in [4.78, 5) is 40.7. The van der Waals surface area contributed by atoms with E-state index in [0.717, 1.165) is 43.3 Å². The molecule has 1 aliphatic heterocycles. The summed E-state index contributed by atoms with van der Waals surface area (Å²) in [5, 5.41) is 1.79. The van der Waals surface area contributed by atoms with Crippen molar-refractivity contribution in [3.05, 3.63) is 62.6 Å². The highest BCUT2D eigenvalue weighted by Gasteiger charge is 2.21. The fourth-order valence-corrected chi connectivity index (χ4v) is 4.42. The van der Waals surface area contributed by atoms with E-state index in [1.165, 1.54) is 15.9 Å². The third-order valence-corrected chi connectivity index (χ3v) is 5.91. The minimum atomic E-state index is -0.472. The van der Waals surface area contributed by atoms with Crippen molar-refractivity contribution in [3.8, 4) is 5.69 Å². The molecule has 27 heavy (non-hydrogen) atoms. The molecule has 0 unspecified atom stereocenters. The van der Waals surface area contributed by atoms with E-state index in [9.17, 15) is 14.4 Å². The molecule has 140 valence electrons. The van der Waals surface area contributed by atoms with Crippen LogP contribution in [-0.4, -0.2) is 33.0 Å². The maximum atomic E-state index is 13.1. The number of carbonyl (C=O) groups excluding carboxylic acids is 1. The molecular formula is C20H21N3O3S. The van der Waals surface area contributed by atoms with Crippen molar-refractivity contribution in [1.82, 2.24) is 14.0 Å². The van der Waals surface area contributed by atoms with Crippen molar-refractivity contribution >= 4 is 27.5 Å². The van der Waals surface area contributed by atoms with Gasteiger partial charge in [0, 0.05) is 13.1 Å². The Labute approximate surface area is 160 Å². The molecule has 0 bridgehead atoms. The van der Waals surface area contributed by atoms with Gasteiger partial charge in [0.2, 0.25) is 5.91 Å². The first-order valence-electron chi connectivity index (χ1n) is 9.23. The number of hydrogen-bond donors (Lipinski definition) is 0. The van der Waals surface area contributed by atoms with E-state index < -0.39 is 5.69 Å². The van der Waals surface area contributed by atoms with E-state index in [4.69, 9.17) is 0 Å². The van der Waals surface area contributed by atoms with Crippen LogP contribution in [0.3, 0.4) is 0 Å². The van der Waals surface area contributed by atoms with Crippen LogP contribution in [0.5, 0.6) is 0 Å². The molecule has 0 atom stereocenters. The van der Waals surface area contributed by atoms with E-state index in [1.807, 2.05) is 11.0 Å². The molecule has 3 aromatic rings. The molecule has 1 fully saturated rings. The van der Waals surface area contributed by atoms with Crippen LogP contribution in [0.1, 0.15) is 25.7 Å². The van der Waals surface area contributed by atoms with Gasteiger partial charge < -0.3 is 4.90 Å². The third kappa shape index (κ3) is 3.35. The quantitative estimate of drug-likeness (QED) is 0.698. The first-order valence-corrected chi connectivity index (χ1v) is 10.1. The first-order chi connectivity index (χ1) is 13.2. The lowest BCUT2D eigenvalue weighted by atomic mass is 10.2. The standard InChI is InChI=1S/C20H21N3O3S/c24-17(21-11-6-1-2-7-12-21)14-22-16-10-13-27-18(16)19(25)23(20(22)26)15-8-4-3-5-9-15/h3-5,8-10,13H,1-2,6-7,11-12,14H2. The molecule has 1 aliphatic rings. The Bertz CT molecular complexity index is 1070. The number of thiophene rings is 1. The summed E-state index contributed by atoms with van der Waals surface area (Å²) in [6, 6.07) is 10.6. The van der Waals surface area contributed by atoms with Gasteiger partial charge in [-0.1, -0.05) is 31.0 Å². The number of para-hydroxylation sites is 1. The highest BCUT2D eigenvalue weighted by atomic mass is 32.1. The second kappa shape index (κ2) is 7.52. The second-order valence-electron chi connectivity index (χ2n) is 6.77. The molecule has 0 N–H and O–H groups in total. The Morgan fingerprint density at radius 2 is 1.67 bits per heavy atom. The Morgan fingerprint density at radius 1 is 0.963 bits per heavy atom. The molecule has 3 heterocycles. The van der Waals surface area contributed by atoms with Gasteiger partial charge in [-0.15, -0.1) is 11.3 Å². The predicted octanol–water partition coefficient (Wildman–Crippen LogP) is 2.62. The largest absolute Gasteiger partial charge is 0.341 e.